The van der Waals surface area contributed by atoms with Gasteiger partial charge in [0.05, 0.1) is 16.8 Å². The van der Waals surface area contributed by atoms with E-state index in [1.54, 1.807) is 67.6 Å². The third kappa shape index (κ3) is 7.93. The van der Waals surface area contributed by atoms with E-state index >= 15 is 0 Å². The molecule has 42 heavy (non-hydrogen) atoms. The van der Waals surface area contributed by atoms with Gasteiger partial charge in [0.1, 0.15) is 18.1 Å². The van der Waals surface area contributed by atoms with Crippen molar-refractivity contribution in [2.75, 3.05) is 22.8 Å². The first kappa shape index (κ1) is 30.2. The molecule has 0 aromatic heterocycles. The highest BCUT2D eigenvalue weighted by molar-refractivity contribution is 7.92. The fourth-order valence-electron chi connectivity index (χ4n) is 3.76. The molecule has 4 rings (SSSR count). The number of halogens is 2. The number of benzene rings is 4. The summed E-state index contributed by atoms with van der Waals surface area (Å²) in [6.45, 7) is 0.879. The van der Waals surface area contributed by atoms with Gasteiger partial charge in [0, 0.05) is 10.7 Å². The van der Waals surface area contributed by atoms with Gasteiger partial charge in [-0.3, -0.25) is 13.9 Å². The summed E-state index contributed by atoms with van der Waals surface area (Å²) in [6.07, 6.45) is 1.38. The Bertz CT molecular complexity index is 1680. The van der Waals surface area contributed by atoms with E-state index in [2.05, 4.69) is 15.8 Å². The highest BCUT2D eigenvalue weighted by Gasteiger charge is 2.28. The average molecular weight is 609 g/mol. The molecule has 216 valence electrons. The lowest BCUT2D eigenvalue weighted by molar-refractivity contribution is -0.119. The minimum Gasteiger partial charge on any atom is -0.484 e. The number of carbonyl (C=O) groups excluding carboxylic acids is 2. The smallest absolute Gasteiger partial charge is 0.264 e. The first-order chi connectivity index (χ1) is 20.1. The Hall–Kier alpha value is -4.74. The quantitative estimate of drug-likeness (QED) is 0.180. The lowest BCUT2D eigenvalue weighted by atomic mass is 10.2. The van der Waals surface area contributed by atoms with Crippen LogP contribution in [-0.4, -0.2) is 39.6 Å². The molecule has 0 fully saturated rings. The largest absolute Gasteiger partial charge is 0.484 e. The van der Waals surface area contributed by atoms with Crippen molar-refractivity contribution in [1.82, 2.24) is 5.43 Å². The van der Waals surface area contributed by atoms with Gasteiger partial charge in [-0.05, 0) is 90.8 Å². The number of hydrogen-bond donors (Lipinski definition) is 2. The molecule has 12 heteroatoms. The number of nitrogens with one attached hydrogen (secondary N) is 2. The van der Waals surface area contributed by atoms with Crippen LogP contribution in [0, 0.1) is 12.7 Å². The number of rotatable bonds is 11. The van der Waals surface area contributed by atoms with Crippen LogP contribution >= 0.6 is 11.6 Å². The molecular formula is C30H26ClFN4O5S. The molecule has 4 aromatic carbocycles. The molecule has 0 aliphatic rings. The van der Waals surface area contributed by atoms with Gasteiger partial charge in [-0.15, -0.1) is 0 Å². The van der Waals surface area contributed by atoms with Crippen molar-refractivity contribution < 1.29 is 27.1 Å². The second-order valence-corrected chi connectivity index (χ2v) is 11.2. The molecule has 0 saturated carbocycles. The van der Waals surface area contributed by atoms with E-state index in [4.69, 9.17) is 16.3 Å². The minimum absolute atomic E-state index is 0.0240. The second kappa shape index (κ2) is 13.7. The molecule has 0 bridgehead atoms. The summed E-state index contributed by atoms with van der Waals surface area (Å²) in [4.78, 5) is 24.9. The predicted octanol–water partition coefficient (Wildman–Crippen LogP) is 5.15. The monoisotopic (exact) mass is 608 g/mol. The maximum Gasteiger partial charge on any atom is 0.264 e. The van der Waals surface area contributed by atoms with Gasteiger partial charge in [-0.1, -0.05) is 35.9 Å². The fourth-order valence-corrected chi connectivity index (χ4v) is 5.43. The molecular weight excluding hydrogens is 583 g/mol. The van der Waals surface area contributed by atoms with E-state index in [9.17, 15) is 22.4 Å². The van der Waals surface area contributed by atoms with Crippen molar-refractivity contribution in [2.24, 2.45) is 5.10 Å². The number of amides is 2. The Morgan fingerprint density at radius 2 is 1.62 bits per heavy atom. The van der Waals surface area contributed by atoms with Crippen LogP contribution in [-0.2, 0) is 19.6 Å². The van der Waals surface area contributed by atoms with Crippen LogP contribution in [0.15, 0.2) is 107 Å². The zero-order valence-corrected chi connectivity index (χ0v) is 23.9. The van der Waals surface area contributed by atoms with Gasteiger partial charge in [-0.25, -0.2) is 18.2 Å². The molecule has 0 aliphatic carbocycles. The van der Waals surface area contributed by atoms with Crippen LogP contribution in [0.25, 0.3) is 0 Å². The zero-order valence-electron chi connectivity index (χ0n) is 22.3. The number of nitrogens with zero attached hydrogens (tertiary/aromatic N) is 2. The molecule has 2 N–H and O–H groups in total. The molecule has 0 saturated heterocycles. The first-order valence-electron chi connectivity index (χ1n) is 12.6. The maximum absolute atomic E-state index is 13.5. The van der Waals surface area contributed by atoms with E-state index in [0.717, 1.165) is 4.31 Å². The van der Waals surface area contributed by atoms with Crippen LogP contribution in [0.5, 0.6) is 5.75 Å². The van der Waals surface area contributed by atoms with Crippen LogP contribution < -0.4 is 19.8 Å². The van der Waals surface area contributed by atoms with Gasteiger partial charge >= 0.3 is 0 Å². The topological polar surface area (TPSA) is 117 Å². The van der Waals surface area contributed by atoms with Crippen LogP contribution in [0.4, 0.5) is 15.8 Å². The van der Waals surface area contributed by atoms with E-state index in [1.165, 1.54) is 42.6 Å². The summed E-state index contributed by atoms with van der Waals surface area (Å²) in [5.41, 5.74) is 4.19. The molecule has 0 aliphatic heterocycles. The Balaban J connectivity index is 1.36. The summed E-state index contributed by atoms with van der Waals surface area (Å²) in [7, 11) is -4.10. The number of carbonyl (C=O) groups is 2. The maximum atomic E-state index is 13.5. The first-order valence-corrected chi connectivity index (χ1v) is 14.4. The molecule has 0 heterocycles. The normalized spacial score (nSPS) is 11.2. The van der Waals surface area contributed by atoms with E-state index in [-0.39, 0.29) is 17.2 Å². The molecule has 0 spiro atoms. The van der Waals surface area contributed by atoms with Crippen LogP contribution in [0.1, 0.15) is 11.1 Å². The summed E-state index contributed by atoms with van der Waals surface area (Å²) in [5.74, 6) is -1.06. The SMILES string of the molecule is Cc1c(Cl)cccc1N(CC(=O)N/N=C\c1ccc(OCC(=O)Nc2ccc(F)cc2)cc1)S(=O)(=O)c1ccccc1. The molecule has 9 nitrogen and oxygen atoms in total. The van der Waals surface area contributed by atoms with E-state index in [0.29, 0.717) is 27.6 Å². The third-order valence-corrected chi connectivity index (χ3v) is 8.09. The van der Waals surface area contributed by atoms with Crippen molar-refractivity contribution in [1.29, 1.82) is 0 Å². The highest BCUT2D eigenvalue weighted by Crippen LogP contribution is 2.30. The zero-order chi connectivity index (χ0) is 30.1. The Labute approximate surface area is 247 Å². The summed E-state index contributed by atoms with van der Waals surface area (Å²) in [6, 6.07) is 24.5. The summed E-state index contributed by atoms with van der Waals surface area (Å²) >= 11 is 6.24. The Morgan fingerprint density at radius 1 is 0.929 bits per heavy atom. The van der Waals surface area contributed by atoms with Crippen molar-refractivity contribution in [3.63, 3.8) is 0 Å². The van der Waals surface area contributed by atoms with Crippen molar-refractivity contribution in [3.8, 4) is 5.75 Å². The van der Waals surface area contributed by atoms with Crippen LogP contribution in [0.2, 0.25) is 5.02 Å². The Morgan fingerprint density at radius 3 is 2.31 bits per heavy atom. The van der Waals surface area contributed by atoms with Crippen molar-refractivity contribution in [2.45, 2.75) is 11.8 Å². The summed E-state index contributed by atoms with van der Waals surface area (Å²) < 4.78 is 46.4. The van der Waals surface area contributed by atoms with Crippen molar-refractivity contribution in [3.05, 3.63) is 119 Å². The molecule has 0 radical (unpaired) electrons. The number of sulfonamides is 1. The number of hydrogen-bond acceptors (Lipinski definition) is 6. The molecule has 0 unspecified atom stereocenters. The number of hydrazone groups is 1. The minimum atomic E-state index is -4.10. The van der Waals surface area contributed by atoms with Gasteiger partial charge in [0.2, 0.25) is 0 Å². The fraction of sp³-hybridized carbons (Fsp3) is 0.100. The van der Waals surface area contributed by atoms with E-state index < -0.39 is 34.2 Å². The lowest BCUT2D eigenvalue weighted by Gasteiger charge is -2.25. The molecule has 0 atom stereocenters. The molecule has 2 amide bonds. The van der Waals surface area contributed by atoms with Gasteiger partial charge in [-0.2, -0.15) is 5.10 Å². The predicted molar refractivity (Wildman–Crippen MR) is 160 cm³/mol. The summed E-state index contributed by atoms with van der Waals surface area (Å²) in [5, 5.41) is 6.90. The molecule has 4 aromatic rings. The average Bonchev–Trinajstić information content (AvgIpc) is 2.99. The highest BCUT2D eigenvalue weighted by atomic mass is 35.5. The van der Waals surface area contributed by atoms with Gasteiger partial charge in [0.15, 0.2) is 6.61 Å². The standard InChI is InChI=1S/C30H26ClFN4O5S/c1-21-27(31)8-5-9-28(21)36(42(39,40)26-6-3-2-4-7-26)19-29(37)35-33-18-22-10-16-25(17-11-22)41-20-30(38)34-24-14-12-23(32)13-15-24/h2-18H,19-20H2,1H3,(H,34,38)(H,35,37)/b33-18-. The van der Waals surface area contributed by atoms with Crippen LogP contribution in [0.3, 0.4) is 0 Å². The van der Waals surface area contributed by atoms with Crippen molar-refractivity contribution >= 4 is 51.0 Å². The Kier molecular flexibility index (Phi) is 9.89. The number of ether oxygens (including phenoxy) is 1. The van der Waals surface area contributed by atoms with E-state index in [1.807, 2.05) is 0 Å². The van der Waals surface area contributed by atoms with Gasteiger partial charge < -0.3 is 10.1 Å². The third-order valence-electron chi connectivity index (χ3n) is 5.91. The second-order valence-electron chi connectivity index (χ2n) is 8.91. The number of anilines is 2. The van der Waals surface area contributed by atoms with Gasteiger partial charge in [0.25, 0.3) is 21.8 Å². The lowest BCUT2D eigenvalue weighted by Crippen LogP contribution is -2.40.